The van der Waals surface area contributed by atoms with E-state index in [2.05, 4.69) is 25.8 Å². The second-order valence-corrected chi connectivity index (χ2v) is 10.4. The minimum Gasteiger partial charge on any atom is -0.393 e. The first-order chi connectivity index (χ1) is 20.4. The Hall–Kier alpha value is -5.15. The number of anilines is 5. The van der Waals surface area contributed by atoms with E-state index in [4.69, 9.17) is 0 Å². The van der Waals surface area contributed by atoms with Crippen molar-refractivity contribution in [2.24, 2.45) is 0 Å². The van der Waals surface area contributed by atoms with Gasteiger partial charge < -0.3 is 30.9 Å². The summed E-state index contributed by atoms with van der Waals surface area (Å²) in [5.74, 6) is -1.07. The Bertz CT molecular complexity index is 1730. The molecule has 5 N–H and O–H groups in total. The number of H-pyrrole nitrogens is 1. The minimum atomic E-state index is -0.520. The Morgan fingerprint density at radius 1 is 0.762 bits per heavy atom. The number of halogens is 1. The zero-order valence-corrected chi connectivity index (χ0v) is 22.7. The first-order valence-electron chi connectivity index (χ1n) is 13.8. The van der Waals surface area contributed by atoms with E-state index in [-0.39, 0.29) is 23.6 Å². The number of hydrogen-bond donors (Lipinski definition) is 5. The van der Waals surface area contributed by atoms with Gasteiger partial charge in [0.2, 0.25) is 0 Å². The van der Waals surface area contributed by atoms with Gasteiger partial charge in [-0.2, -0.15) is 0 Å². The van der Waals surface area contributed by atoms with E-state index in [0.29, 0.717) is 28.2 Å². The van der Waals surface area contributed by atoms with Gasteiger partial charge >= 0.3 is 0 Å². The predicted octanol–water partition coefficient (Wildman–Crippen LogP) is 6.52. The van der Waals surface area contributed by atoms with Gasteiger partial charge in [-0.05, 0) is 104 Å². The van der Waals surface area contributed by atoms with Crippen molar-refractivity contribution >= 4 is 51.2 Å². The molecule has 0 radical (unpaired) electrons. The molecule has 4 aromatic carbocycles. The summed E-state index contributed by atoms with van der Waals surface area (Å²) in [4.78, 5) is 30.7. The number of rotatable bonds is 7. The van der Waals surface area contributed by atoms with Gasteiger partial charge in [0.05, 0.1) is 11.8 Å². The number of aliphatic hydroxyl groups excluding tert-OH is 1. The number of nitrogens with one attached hydrogen (secondary N) is 4. The maximum absolute atomic E-state index is 14.9. The molecule has 8 nitrogen and oxygen atoms in total. The number of fused-ring (bicyclic) bond motifs is 1. The highest BCUT2D eigenvalue weighted by atomic mass is 19.1. The van der Waals surface area contributed by atoms with E-state index in [1.165, 1.54) is 6.07 Å². The molecule has 1 aromatic heterocycles. The number of benzene rings is 4. The molecule has 0 spiro atoms. The van der Waals surface area contributed by atoms with E-state index in [9.17, 15) is 19.1 Å². The first kappa shape index (κ1) is 27.0. The lowest BCUT2D eigenvalue weighted by Crippen LogP contribution is -2.35. The molecule has 1 aliphatic rings. The Morgan fingerprint density at radius 3 is 2.14 bits per heavy atom. The molecule has 0 atom stereocenters. The van der Waals surface area contributed by atoms with Crippen LogP contribution in [0.5, 0.6) is 0 Å². The van der Waals surface area contributed by atoms with Crippen molar-refractivity contribution in [3.8, 4) is 0 Å². The van der Waals surface area contributed by atoms with E-state index in [0.717, 1.165) is 42.5 Å². The molecular formula is C33H30FN5O3. The number of aliphatic hydroxyl groups is 1. The first-order valence-corrected chi connectivity index (χ1v) is 13.8. The molecule has 1 fully saturated rings. The fourth-order valence-corrected chi connectivity index (χ4v) is 5.04. The van der Waals surface area contributed by atoms with Crippen molar-refractivity contribution in [2.75, 3.05) is 33.9 Å². The van der Waals surface area contributed by atoms with Crippen LogP contribution in [0.15, 0.2) is 97.2 Å². The highest BCUT2D eigenvalue weighted by Crippen LogP contribution is 2.26. The number of piperidine rings is 1. The third kappa shape index (κ3) is 6.11. The van der Waals surface area contributed by atoms with Crippen molar-refractivity contribution in [3.63, 3.8) is 0 Å². The SMILES string of the molecule is O=C(Nc1ccc(Nc2ccc(NC(=O)c3ccc4[nH]ccc4c3)cc2)c(F)c1)c1ccc(N2CCC(O)CC2)cc1. The second-order valence-electron chi connectivity index (χ2n) is 10.4. The third-order valence-electron chi connectivity index (χ3n) is 7.42. The van der Waals surface area contributed by atoms with Crippen LogP contribution < -0.4 is 20.9 Å². The monoisotopic (exact) mass is 563 g/mol. The van der Waals surface area contributed by atoms with Crippen molar-refractivity contribution in [2.45, 2.75) is 18.9 Å². The summed E-state index contributed by atoms with van der Waals surface area (Å²) < 4.78 is 14.9. The van der Waals surface area contributed by atoms with Crippen LogP contribution in [0.4, 0.5) is 32.8 Å². The fraction of sp³-hybridized carbons (Fsp3) is 0.152. The van der Waals surface area contributed by atoms with Gasteiger partial charge in [0.25, 0.3) is 11.8 Å². The molecule has 9 heteroatoms. The number of hydrogen-bond acceptors (Lipinski definition) is 5. The number of aromatic nitrogens is 1. The van der Waals surface area contributed by atoms with Crippen LogP contribution in [0.1, 0.15) is 33.6 Å². The van der Waals surface area contributed by atoms with E-state index in [1.807, 2.05) is 36.5 Å². The number of amides is 2. The minimum absolute atomic E-state index is 0.221. The zero-order chi connectivity index (χ0) is 29.1. The highest BCUT2D eigenvalue weighted by Gasteiger charge is 2.18. The Kier molecular flexibility index (Phi) is 7.57. The number of carbonyl (C=O) groups is 2. The van der Waals surface area contributed by atoms with Crippen molar-refractivity contribution in [1.82, 2.24) is 4.98 Å². The van der Waals surface area contributed by atoms with Gasteiger partial charge in [0.1, 0.15) is 5.82 Å². The summed E-state index contributed by atoms with van der Waals surface area (Å²) in [6.45, 7) is 1.55. The van der Waals surface area contributed by atoms with Crippen LogP contribution in [0.3, 0.4) is 0 Å². The van der Waals surface area contributed by atoms with Crippen LogP contribution in [0, 0.1) is 5.82 Å². The zero-order valence-electron chi connectivity index (χ0n) is 22.7. The third-order valence-corrected chi connectivity index (χ3v) is 7.42. The molecule has 6 rings (SSSR count). The van der Waals surface area contributed by atoms with Crippen molar-refractivity contribution < 1.29 is 19.1 Å². The van der Waals surface area contributed by atoms with Gasteiger partial charge in [0, 0.05) is 64.1 Å². The van der Waals surface area contributed by atoms with Crippen LogP contribution in [-0.4, -0.2) is 41.1 Å². The lowest BCUT2D eigenvalue weighted by molar-refractivity contribution is 0.101. The van der Waals surface area contributed by atoms with Gasteiger partial charge in [-0.25, -0.2) is 4.39 Å². The van der Waals surface area contributed by atoms with E-state index < -0.39 is 5.82 Å². The Labute approximate surface area is 242 Å². The van der Waals surface area contributed by atoms with Crippen LogP contribution in [0.2, 0.25) is 0 Å². The summed E-state index contributed by atoms with van der Waals surface area (Å²) in [5.41, 5.74) is 4.83. The number of aromatic amines is 1. The van der Waals surface area contributed by atoms with Gasteiger partial charge in [0.15, 0.2) is 0 Å². The molecule has 1 saturated heterocycles. The molecule has 5 aromatic rings. The lowest BCUT2D eigenvalue weighted by atomic mass is 10.1. The highest BCUT2D eigenvalue weighted by molar-refractivity contribution is 6.06. The standard InChI is InChI=1S/C33H30FN5O3/c34-29-20-26(38-32(41)21-1-9-27(10-2-21)39-17-14-28(40)15-18-39)8-12-31(29)36-24-4-6-25(7-5-24)37-33(42)23-3-11-30-22(19-23)13-16-35-30/h1-13,16,19-20,28,35-36,40H,14-15,17-18H2,(H,37,42)(H,38,41). The number of nitrogens with zero attached hydrogens (tertiary/aromatic N) is 1. The van der Waals surface area contributed by atoms with Crippen molar-refractivity contribution in [1.29, 1.82) is 0 Å². The Morgan fingerprint density at radius 2 is 1.40 bits per heavy atom. The molecule has 0 saturated carbocycles. The molecule has 1 aliphatic heterocycles. The quantitative estimate of drug-likeness (QED) is 0.155. The predicted molar refractivity (Wildman–Crippen MR) is 164 cm³/mol. The summed E-state index contributed by atoms with van der Waals surface area (Å²) in [5, 5.41) is 19.3. The molecule has 0 aliphatic carbocycles. The second kappa shape index (κ2) is 11.8. The molecule has 2 heterocycles. The molecule has 42 heavy (non-hydrogen) atoms. The molecule has 0 unspecified atom stereocenters. The van der Waals surface area contributed by atoms with Crippen LogP contribution in [0.25, 0.3) is 10.9 Å². The molecule has 212 valence electrons. The average molecular weight is 564 g/mol. The smallest absolute Gasteiger partial charge is 0.255 e. The maximum atomic E-state index is 14.9. The van der Waals surface area contributed by atoms with Gasteiger partial charge in [-0.15, -0.1) is 0 Å². The van der Waals surface area contributed by atoms with Crippen LogP contribution in [-0.2, 0) is 0 Å². The van der Waals surface area contributed by atoms with E-state index in [1.54, 1.807) is 54.6 Å². The summed E-state index contributed by atoms with van der Waals surface area (Å²) >= 11 is 0. The van der Waals surface area contributed by atoms with Gasteiger partial charge in [-0.1, -0.05) is 0 Å². The summed E-state index contributed by atoms with van der Waals surface area (Å²) in [7, 11) is 0. The average Bonchev–Trinajstić information content (AvgIpc) is 3.48. The fourth-order valence-electron chi connectivity index (χ4n) is 5.04. The lowest BCUT2D eigenvalue weighted by Gasteiger charge is -2.31. The topological polar surface area (TPSA) is 109 Å². The molecular weight excluding hydrogens is 533 g/mol. The van der Waals surface area contributed by atoms with Crippen LogP contribution >= 0.6 is 0 Å². The normalized spacial score (nSPS) is 13.6. The van der Waals surface area contributed by atoms with E-state index >= 15 is 0 Å². The Balaban J connectivity index is 1.04. The summed E-state index contributed by atoms with van der Waals surface area (Å²) in [6, 6.07) is 26.1. The van der Waals surface area contributed by atoms with Crippen molar-refractivity contribution in [3.05, 3.63) is 114 Å². The molecule has 2 amide bonds. The molecule has 0 bridgehead atoms. The maximum Gasteiger partial charge on any atom is 0.255 e. The summed E-state index contributed by atoms with van der Waals surface area (Å²) in [6.07, 6.45) is 3.05. The number of carbonyl (C=O) groups excluding carboxylic acids is 2. The largest absolute Gasteiger partial charge is 0.393 e. The van der Waals surface area contributed by atoms with Gasteiger partial charge in [-0.3, -0.25) is 9.59 Å².